The number of nitrogens with zero attached hydrogens (tertiary/aromatic N) is 1. The highest BCUT2D eigenvalue weighted by Crippen LogP contribution is 2.39. The molecule has 2 heteroatoms. The predicted octanol–water partition coefficient (Wildman–Crippen LogP) is 5.06. The van der Waals surface area contributed by atoms with Crippen molar-refractivity contribution in [2.45, 2.75) is 52.2 Å². The molecule has 1 aromatic heterocycles. The van der Waals surface area contributed by atoms with Gasteiger partial charge in [0, 0.05) is 10.9 Å². The smallest absolute Gasteiger partial charge is 0.161 e. The minimum atomic E-state index is -1.52. The van der Waals surface area contributed by atoms with Crippen LogP contribution in [0.3, 0.4) is 0 Å². The first kappa shape index (κ1) is 13.4. The predicted molar refractivity (Wildman–Crippen MR) is 83.9 cm³/mol. The molecule has 2 aromatic rings. The van der Waals surface area contributed by atoms with E-state index in [1.807, 2.05) is 0 Å². The average Bonchev–Trinajstić information content (AvgIpc) is 2.66. The molecular weight excluding hydrogens is 234 g/mol. The van der Waals surface area contributed by atoms with Crippen molar-refractivity contribution < 1.29 is 0 Å². The van der Waals surface area contributed by atoms with Gasteiger partial charge in [-0.15, -0.1) is 0 Å². The van der Waals surface area contributed by atoms with E-state index >= 15 is 0 Å². The van der Waals surface area contributed by atoms with Crippen molar-refractivity contribution >= 4 is 19.1 Å². The Hall–Kier alpha value is -1.02. The van der Waals surface area contributed by atoms with E-state index in [-0.39, 0.29) is 0 Å². The van der Waals surface area contributed by atoms with E-state index in [4.69, 9.17) is 0 Å². The Morgan fingerprint density at radius 1 is 1.11 bits per heavy atom. The molecule has 1 aromatic carbocycles. The third-order valence-corrected chi connectivity index (χ3v) is 9.86. The number of hydrogen-bond donors (Lipinski definition) is 0. The number of aromatic nitrogens is 1. The minimum absolute atomic E-state index is 0.361. The molecule has 0 aliphatic heterocycles. The second-order valence-electron chi connectivity index (χ2n) is 6.70. The first-order chi connectivity index (χ1) is 8.29. The van der Waals surface area contributed by atoms with Crippen molar-refractivity contribution in [2.24, 2.45) is 0 Å². The summed E-state index contributed by atoms with van der Waals surface area (Å²) in [7, 11) is -1.52. The molecule has 0 aliphatic carbocycles. The normalized spacial score (nSPS) is 13.2. The van der Waals surface area contributed by atoms with Crippen LogP contribution in [0.1, 0.15) is 33.3 Å². The summed E-state index contributed by atoms with van der Waals surface area (Å²) in [5.74, 6) is 0. The third kappa shape index (κ3) is 1.93. The molecule has 0 radical (unpaired) electrons. The summed E-state index contributed by atoms with van der Waals surface area (Å²) in [6, 6.07) is 8.84. The number of para-hydroxylation sites is 1. The zero-order chi connectivity index (χ0) is 13.6. The zero-order valence-electron chi connectivity index (χ0n) is 12.5. The summed E-state index contributed by atoms with van der Waals surface area (Å²) in [5, 5.41) is 1.80. The molecule has 0 bridgehead atoms. The van der Waals surface area contributed by atoms with E-state index < -0.39 is 8.24 Å². The van der Waals surface area contributed by atoms with Crippen LogP contribution >= 0.6 is 0 Å². The van der Waals surface area contributed by atoms with Gasteiger partial charge in [-0.2, -0.15) is 0 Å². The first-order valence-electron chi connectivity index (χ1n) is 6.88. The van der Waals surface area contributed by atoms with E-state index in [9.17, 15) is 0 Å². The Kier molecular flexibility index (Phi) is 3.18. The molecule has 0 amide bonds. The van der Waals surface area contributed by atoms with Crippen molar-refractivity contribution in [1.82, 2.24) is 4.23 Å². The lowest BCUT2D eigenvalue weighted by Crippen LogP contribution is -2.44. The van der Waals surface area contributed by atoms with Crippen LogP contribution in [0.15, 0.2) is 30.5 Å². The Morgan fingerprint density at radius 2 is 1.72 bits per heavy atom. The van der Waals surface area contributed by atoms with E-state index in [1.165, 1.54) is 16.5 Å². The summed E-state index contributed by atoms with van der Waals surface area (Å²) in [4.78, 5) is 0. The van der Waals surface area contributed by atoms with E-state index in [0.29, 0.717) is 5.04 Å². The van der Waals surface area contributed by atoms with E-state index in [0.717, 1.165) is 6.42 Å². The molecule has 0 fully saturated rings. The Balaban J connectivity index is 2.73. The number of hydrogen-bond acceptors (Lipinski definition) is 0. The van der Waals surface area contributed by atoms with Gasteiger partial charge in [0.25, 0.3) is 0 Å². The van der Waals surface area contributed by atoms with Crippen molar-refractivity contribution in [2.75, 3.05) is 0 Å². The highest BCUT2D eigenvalue weighted by molar-refractivity contribution is 6.79. The lowest BCUT2D eigenvalue weighted by Gasteiger charge is -2.38. The SMILES string of the molecule is CCc1cn([Si](C)(C)C(C)(C)C)c2ccccc12. The van der Waals surface area contributed by atoms with Crippen LogP contribution in [0.5, 0.6) is 0 Å². The van der Waals surface area contributed by atoms with Gasteiger partial charge in [0.05, 0.1) is 0 Å². The molecule has 1 nitrogen and oxygen atoms in total. The van der Waals surface area contributed by atoms with Gasteiger partial charge in [-0.25, -0.2) is 0 Å². The second-order valence-corrected chi connectivity index (χ2v) is 11.8. The molecule has 0 saturated heterocycles. The first-order valence-corrected chi connectivity index (χ1v) is 9.83. The van der Waals surface area contributed by atoms with Crippen LogP contribution < -0.4 is 0 Å². The fraction of sp³-hybridized carbons (Fsp3) is 0.500. The number of rotatable bonds is 2. The molecule has 0 spiro atoms. The third-order valence-electron chi connectivity index (χ3n) is 4.61. The Labute approximate surface area is 112 Å². The quantitative estimate of drug-likeness (QED) is 0.665. The highest BCUT2D eigenvalue weighted by Gasteiger charge is 2.38. The maximum atomic E-state index is 2.60. The largest absolute Gasteiger partial charge is 0.374 e. The van der Waals surface area contributed by atoms with Crippen LogP contribution in [-0.2, 0) is 6.42 Å². The molecule has 98 valence electrons. The van der Waals surface area contributed by atoms with Crippen molar-refractivity contribution in [1.29, 1.82) is 0 Å². The maximum absolute atomic E-state index is 2.60. The number of fused-ring (bicyclic) bond motifs is 1. The molecule has 18 heavy (non-hydrogen) atoms. The average molecular weight is 259 g/mol. The van der Waals surface area contributed by atoms with Crippen LogP contribution in [0.2, 0.25) is 18.1 Å². The van der Waals surface area contributed by atoms with Gasteiger partial charge in [0.2, 0.25) is 0 Å². The zero-order valence-corrected chi connectivity index (χ0v) is 13.5. The topological polar surface area (TPSA) is 4.93 Å². The summed E-state index contributed by atoms with van der Waals surface area (Å²) < 4.78 is 2.60. The minimum Gasteiger partial charge on any atom is -0.374 e. The number of aryl methyl sites for hydroxylation is 1. The van der Waals surface area contributed by atoms with E-state index in [1.54, 1.807) is 0 Å². The Morgan fingerprint density at radius 3 is 2.28 bits per heavy atom. The van der Waals surface area contributed by atoms with Crippen LogP contribution in [0.4, 0.5) is 0 Å². The maximum Gasteiger partial charge on any atom is 0.161 e. The fourth-order valence-corrected chi connectivity index (χ4v) is 4.35. The van der Waals surface area contributed by atoms with Crippen molar-refractivity contribution in [3.63, 3.8) is 0 Å². The van der Waals surface area contributed by atoms with Crippen LogP contribution in [0, 0.1) is 0 Å². The number of benzene rings is 1. The summed E-state index contributed by atoms with van der Waals surface area (Å²) >= 11 is 0. The summed E-state index contributed by atoms with van der Waals surface area (Å²) in [6.45, 7) is 14.3. The van der Waals surface area contributed by atoms with Crippen LogP contribution in [-0.4, -0.2) is 12.5 Å². The molecular formula is C16H25NSi. The molecule has 0 unspecified atom stereocenters. The molecule has 0 atom stereocenters. The molecule has 1 heterocycles. The monoisotopic (exact) mass is 259 g/mol. The van der Waals surface area contributed by atoms with Crippen molar-refractivity contribution in [3.8, 4) is 0 Å². The van der Waals surface area contributed by atoms with Gasteiger partial charge in [-0.3, -0.25) is 0 Å². The second kappa shape index (κ2) is 4.27. The summed E-state index contributed by atoms with van der Waals surface area (Å²) in [5.41, 5.74) is 2.90. The van der Waals surface area contributed by atoms with Crippen LogP contribution in [0.25, 0.3) is 10.9 Å². The highest BCUT2D eigenvalue weighted by atomic mass is 28.3. The molecule has 0 aliphatic rings. The van der Waals surface area contributed by atoms with Gasteiger partial charge in [-0.1, -0.05) is 59.0 Å². The standard InChI is InChI=1S/C16H25NSi/c1-7-13-12-17(18(5,6)16(2,3)4)15-11-9-8-10-14(13)15/h8-12H,7H2,1-6H3. The van der Waals surface area contributed by atoms with Crippen molar-refractivity contribution in [3.05, 3.63) is 36.0 Å². The van der Waals surface area contributed by atoms with Gasteiger partial charge in [0.1, 0.15) is 0 Å². The fourth-order valence-electron chi connectivity index (χ4n) is 2.36. The molecule has 2 rings (SSSR count). The molecule has 0 N–H and O–H groups in total. The van der Waals surface area contributed by atoms with Gasteiger partial charge in [0.15, 0.2) is 8.24 Å². The van der Waals surface area contributed by atoms with Gasteiger partial charge in [-0.05, 0) is 29.3 Å². The van der Waals surface area contributed by atoms with Gasteiger partial charge >= 0.3 is 0 Å². The lowest BCUT2D eigenvalue weighted by molar-refractivity contribution is 0.702. The van der Waals surface area contributed by atoms with Gasteiger partial charge < -0.3 is 4.23 Å². The summed E-state index contributed by atoms with van der Waals surface area (Å²) in [6.07, 6.45) is 3.52. The molecule has 0 saturated carbocycles. The Bertz CT molecular complexity index is 558. The lowest BCUT2D eigenvalue weighted by atomic mass is 10.1. The van der Waals surface area contributed by atoms with E-state index in [2.05, 4.69) is 75.5 Å².